The number of amides is 4. The molecule has 36 heavy (non-hydrogen) atoms. The molecular weight excluding hydrogens is 503 g/mol. The number of benzene rings is 3. The van der Waals surface area contributed by atoms with Crippen LogP contribution in [0.15, 0.2) is 60.2 Å². The quantitative estimate of drug-likeness (QED) is 0.322. The van der Waals surface area contributed by atoms with Gasteiger partial charge in [0.1, 0.15) is 12.2 Å². The number of nitrogens with zero attached hydrogens (tertiary/aromatic N) is 1. The Morgan fingerprint density at radius 1 is 0.944 bits per heavy atom. The second-order valence-corrected chi connectivity index (χ2v) is 9.02. The van der Waals surface area contributed by atoms with E-state index in [1.165, 1.54) is 13.2 Å². The Morgan fingerprint density at radius 3 is 2.33 bits per heavy atom. The predicted octanol–water partition coefficient (Wildman–Crippen LogP) is 5.86. The smallest absolute Gasteiger partial charge is 0.335 e. The van der Waals surface area contributed by atoms with Crippen molar-refractivity contribution in [1.29, 1.82) is 0 Å². The zero-order chi connectivity index (χ0) is 26.0. The lowest BCUT2D eigenvalue weighted by molar-refractivity contribution is -0.122. The van der Waals surface area contributed by atoms with Crippen molar-refractivity contribution in [1.82, 2.24) is 5.32 Å². The van der Waals surface area contributed by atoms with Gasteiger partial charge in [0.25, 0.3) is 11.8 Å². The van der Waals surface area contributed by atoms with Gasteiger partial charge in [0.2, 0.25) is 0 Å². The first-order chi connectivity index (χ1) is 17.2. The molecule has 184 valence electrons. The van der Waals surface area contributed by atoms with Crippen molar-refractivity contribution >= 4 is 52.8 Å². The minimum absolute atomic E-state index is 0.221. The lowest BCUT2D eigenvalue weighted by Crippen LogP contribution is -2.54. The van der Waals surface area contributed by atoms with Crippen LogP contribution < -0.4 is 19.7 Å². The summed E-state index contributed by atoms with van der Waals surface area (Å²) in [6.07, 6.45) is 1.36. The lowest BCUT2D eigenvalue weighted by atomic mass is 10.0. The van der Waals surface area contributed by atoms with Crippen molar-refractivity contribution in [3.63, 3.8) is 0 Å². The van der Waals surface area contributed by atoms with Crippen molar-refractivity contribution in [2.75, 3.05) is 12.0 Å². The van der Waals surface area contributed by atoms with Gasteiger partial charge >= 0.3 is 6.03 Å². The van der Waals surface area contributed by atoms with E-state index in [1.807, 2.05) is 26.0 Å². The monoisotopic (exact) mass is 524 g/mol. The molecule has 9 heteroatoms. The Kier molecular flexibility index (Phi) is 7.33. The summed E-state index contributed by atoms with van der Waals surface area (Å²) in [5, 5.41) is 3.06. The highest BCUT2D eigenvalue weighted by Gasteiger charge is 2.37. The molecule has 4 rings (SSSR count). The summed E-state index contributed by atoms with van der Waals surface area (Å²) in [5.41, 5.74) is 3.35. The molecule has 1 aliphatic heterocycles. The summed E-state index contributed by atoms with van der Waals surface area (Å²) in [5.74, 6) is -0.926. The highest BCUT2D eigenvalue weighted by atomic mass is 35.5. The van der Waals surface area contributed by atoms with Crippen molar-refractivity contribution in [2.24, 2.45) is 0 Å². The van der Waals surface area contributed by atoms with Gasteiger partial charge in [-0.05, 0) is 78.6 Å². The second-order valence-electron chi connectivity index (χ2n) is 8.18. The molecule has 0 aromatic heterocycles. The number of carbonyl (C=O) groups is 3. The highest BCUT2D eigenvalue weighted by Crippen LogP contribution is 2.38. The molecule has 0 aliphatic carbocycles. The van der Waals surface area contributed by atoms with Crippen molar-refractivity contribution in [3.05, 3.63) is 92.5 Å². The molecule has 0 bridgehead atoms. The van der Waals surface area contributed by atoms with Crippen LogP contribution in [-0.4, -0.2) is 25.0 Å². The van der Waals surface area contributed by atoms with Crippen molar-refractivity contribution in [2.45, 2.75) is 20.5 Å². The van der Waals surface area contributed by atoms with E-state index in [0.29, 0.717) is 27.8 Å². The third-order valence-electron chi connectivity index (χ3n) is 5.71. The van der Waals surface area contributed by atoms with Gasteiger partial charge in [-0.25, -0.2) is 9.69 Å². The van der Waals surface area contributed by atoms with Gasteiger partial charge in [0.15, 0.2) is 11.5 Å². The standard InChI is InChI=1S/C27H22Cl2N2O5/c1-15-4-9-20(10-16(15)2)31-26(33)21(25(32)30-27(31)34)11-18-12-22(29)24(23(13-18)35-3)36-14-17-5-7-19(28)8-6-17/h4-13H,14H2,1-3H3,(H,30,32,34)/b21-11+. The summed E-state index contributed by atoms with van der Waals surface area (Å²) in [4.78, 5) is 39.2. The van der Waals surface area contributed by atoms with Gasteiger partial charge in [-0.15, -0.1) is 0 Å². The van der Waals surface area contributed by atoms with Crippen molar-refractivity contribution < 1.29 is 23.9 Å². The summed E-state index contributed by atoms with van der Waals surface area (Å²) < 4.78 is 11.3. The summed E-state index contributed by atoms with van der Waals surface area (Å²) in [6.45, 7) is 4.02. The van der Waals surface area contributed by atoms with Gasteiger partial charge in [-0.2, -0.15) is 0 Å². The maximum atomic E-state index is 13.2. The number of hydrogen-bond donors (Lipinski definition) is 1. The van der Waals surface area contributed by atoms with E-state index in [2.05, 4.69) is 5.32 Å². The number of halogens is 2. The van der Waals surface area contributed by atoms with E-state index in [-0.39, 0.29) is 17.2 Å². The number of aryl methyl sites for hydroxylation is 2. The third kappa shape index (κ3) is 5.22. The molecule has 1 saturated heterocycles. The van der Waals surface area contributed by atoms with Gasteiger partial charge in [-0.3, -0.25) is 14.9 Å². The minimum Gasteiger partial charge on any atom is -0.493 e. The van der Waals surface area contributed by atoms with Crippen LogP contribution in [0.4, 0.5) is 10.5 Å². The van der Waals surface area contributed by atoms with E-state index >= 15 is 0 Å². The Bertz CT molecular complexity index is 1400. The molecule has 1 N–H and O–H groups in total. The molecule has 4 amide bonds. The fourth-order valence-corrected chi connectivity index (χ4v) is 4.02. The summed E-state index contributed by atoms with van der Waals surface area (Å²) in [6, 6.07) is 14.7. The molecule has 3 aromatic rings. The van der Waals surface area contributed by atoms with Gasteiger partial charge in [0, 0.05) is 5.02 Å². The maximum Gasteiger partial charge on any atom is 0.335 e. The molecular formula is C27H22Cl2N2O5. The first kappa shape index (κ1) is 25.3. The number of urea groups is 1. The van der Waals surface area contributed by atoms with E-state index in [1.54, 1.807) is 42.5 Å². The molecule has 0 saturated carbocycles. The first-order valence-electron chi connectivity index (χ1n) is 10.9. The second kappa shape index (κ2) is 10.4. The number of carbonyl (C=O) groups excluding carboxylic acids is 3. The number of anilines is 1. The van der Waals surface area contributed by atoms with E-state index in [4.69, 9.17) is 32.7 Å². The van der Waals surface area contributed by atoms with Crippen LogP contribution in [0, 0.1) is 13.8 Å². The number of hydrogen-bond acceptors (Lipinski definition) is 5. The van der Waals surface area contributed by atoms with Crippen LogP contribution in [0.2, 0.25) is 10.0 Å². The zero-order valence-electron chi connectivity index (χ0n) is 19.7. The average molecular weight is 525 g/mol. The maximum absolute atomic E-state index is 13.2. The number of barbiturate groups is 1. The van der Waals surface area contributed by atoms with E-state index in [9.17, 15) is 14.4 Å². The van der Waals surface area contributed by atoms with Gasteiger partial charge in [0.05, 0.1) is 17.8 Å². The molecule has 0 unspecified atom stereocenters. The van der Waals surface area contributed by atoms with Crippen LogP contribution in [-0.2, 0) is 16.2 Å². The fraction of sp³-hybridized carbons (Fsp3) is 0.148. The minimum atomic E-state index is -0.813. The molecule has 3 aromatic carbocycles. The molecule has 7 nitrogen and oxygen atoms in total. The Hall–Kier alpha value is -3.81. The SMILES string of the molecule is COc1cc(/C=C2\C(=O)NC(=O)N(c3ccc(C)c(C)c3)C2=O)cc(Cl)c1OCc1ccc(Cl)cc1. The molecule has 0 radical (unpaired) electrons. The fourth-order valence-electron chi connectivity index (χ4n) is 3.62. The number of methoxy groups -OCH3 is 1. The number of ether oxygens (including phenoxy) is 2. The van der Waals surface area contributed by atoms with Crippen LogP contribution in [0.3, 0.4) is 0 Å². The molecule has 1 heterocycles. The number of nitrogens with one attached hydrogen (secondary N) is 1. The van der Waals surface area contributed by atoms with Crippen LogP contribution in [0.25, 0.3) is 6.08 Å². The van der Waals surface area contributed by atoms with Gasteiger partial charge < -0.3 is 9.47 Å². The molecule has 1 aliphatic rings. The van der Waals surface area contributed by atoms with Crippen LogP contribution in [0.5, 0.6) is 11.5 Å². The summed E-state index contributed by atoms with van der Waals surface area (Å²) in [7, 11) is 1.45. The first-order valence-corrected chi connectivity index (χ1v) is 11.7. The Balaban J connectivity index is 1.64. The molecule has 0 spiro atoms. The Labute approximate surface area is 218 Å². The zero-order valence-corrected chi connectivity index (χ0v) is 21.2. The normalized spacial score (nSPS) is 14.8. The highest BCUT2D eigenvalue weighted by molar-refractivity contribution is 6.39. The lowest BCUT2D eigenvalue weighted by Gasteiger charge is -2.27. The van der Waals surface area contributed by atoms with Crippen LogP contribution >= 0.6 is 23.2 Å². The average Bonchev–Trinajstić information content (AvgIpc) is 2.84. The predicted molar refractivity (Wildman–Crippen MR) is 139 cm³/mol. The third-order valence-corrected chi connectivity index (χ3v) is 6.24. The van der Waals surface area contributed by atoms with Crippen LogP contribution in [0.1, 0.15) is 22.3 Å². The Morgan fingerprint density at radius 2 is 1.67 bits per heavy atom. The molecule has 0 atom stereocenters. The largest absolute Gasteiger partial charge is 0.493 e. The topological polar surface area (TPSA) is 84.9 Å². The van der Waals surface area contributed by atoms with Crippen molar-refractivity contribution in [3.8, 4) is 11.5 Å². The molecule has 1 fully saturated rings. The van der Waals surface area contributed by atoms with E-state index < -0.39 is 17.8 Å². The van der Waals surface area contributed by atoms with Gasteiger partial charge in [-0.1, -0.05) is 41.4 Å². The number of imide groups is 2. The van der Waals surface area contributed by atoms with E-state index in [0.717, 1.165) is 21.6 Å². The summed E-state index contributed by atoms with van der Waals surface area (Å²) >= 11 is 12.4. The number of rotatable bonds is 6.